The molecule has 2 rings (SSSR count). The highest BCUT2D eigenvalue weighted by Crippen LogP contribution is 2.28. The van der Waals surface area contributed by atoms with Crippen LogP contribution in [0.3, 0.4) is 0 Å². The second kappa shape index (κ2) is 5.24. The van der Waals surface area contributed by atoms with E-state index >= 15 is 0 Å². The van der Waals surface area contributed by atoms with Gasteiger partial charge < -0.3 is 5.32 Å². The van der Waals surface area contributed by atoms with Crippen LogP contribution in [0.15, 0.2) is 18.3 Å². The molecule has 1 atom stereocenters. The minimum absolute atomic E-state index is 0.267. The number of nitrogens with zero attached hydrogens (tertiary/aromatic N) is 2. The number of anilines is 1. The maximum atomic E-state index is 11.6. The molecule has 1 saturated heterocycles. The lowest BCUT2D eigenvalue weighted by atomic mass is 9.92. The van der Waals surface area contributed by atoms with Crippen LogP contribution >= 0.6 is 0 Å². The standard InChI is InChI=1S/C12H19N3O2S/c1-13-12-8-10(5-6-14-12)11-4-3-7-15(9-11)18(2,16)17/h5-6,8,11H,3-4,7,9H2,1-2H3,(H,13,14)/t11-/m1/s1. The summed E-state index contributed by atoms with van der Waals surface area (Å²) in [6.45, 7) is 1.21. The SMILES string of the molecule is CNc1cc([C@@H]2CCCN(S(C)(=O)=O)C2)ccn1. The van der Waals surface area contributed by atoms with E-state index in [0.717, 1.165) is 24.2 Å². The number of hydrogen-bond acceptors (Lipinski definition) is 4. The van der Waals surface area contributed by atoms with Crippen molar-refractivity contribution in [2.45, 2.75) is 18.8 Å². The molecule has 0 amide bonds. The fourth-order valence-corrected chi connectivity index (χ4v) is 3.26. The van der Waals surface area contributed by atoms with Gasteiger partial charge in [0, 0.05) is 26.3 Å². The van der Waals surface area contributed by atoms with E-state index in [1.165, 1.54) is 6.26 Å². The Bertz CT molecular complexity index is 516. The number of rotatable bonds is 3. The van der Waals surface area contributed by atoms with Gasteiger partial charge in [-0.05, 0) is 36.5 Å². The van der Waals surface area contributed by atoms with Gasteiger partial charge in [-0.25, -0.2) is 17.7 Å². The summed E-state index contributed by atoms with van der Waals surface area (Å²) in [4.78, 5) is 4.18. The molecular formula is C12H19N3O2S. The van der Waals surface area contributed by atoms with E-state index in [0.29, 0.717) is 13.1 Å². The van der Waals surface area contributed by atoms with Crippen LogP contribution in [0, 0.1) is 0 Å². The Morgan fingerprint density at radius 1 is 1.50 bits per heavy atom. The minimum atomic E-state index is -3.08. The van der Waals surface area contributed by atoms with E-state index < -0.39 is 10.0 Å². The number of sulfonamides is 1. The van der Waals surface area contributed by atoms with E-state index in [1.807, 2.05) is 19.2 Å². The third-order valence-corrected chi connectivity index (χ3v) is 4.63. The molecule has 6 heteroatoms. The summed E-state index contributed by atoms with van der Waals surface area (Å²) in [5.41, 5.74) is 1.16. The predicted molar refractivity (Wildman–Crippen MR) is 72.2 cm³/mol. The first-order chi connectivity index (χ1) is 8.50. The third kappa shape index (κ3) is 3.00. The molecule has 1 aromatic heterocycles. The second-order valence-electron chi connectivity index (χ2n) is 4.68. The van der Waals surface area contributed by atoms with E-state index in [-0.39, 0.29) is 5.92 Å². The minimum Gasteiger partial charge on any atom is -0.373 e. The average Bonchev–Trinajstić information content (AvgIpc) is 2.38. The zero-order valence-electron chi connectivity index (χ0n) is 10.8. The first-order valence-electron chi connectivity index (χ1n) is 6.09. The topological polar surface area (TPSA) is 62.3 Å². The van der Waals surface area contributed by atoms with E-state index in [9.17, 15) is 8.42 Å². The molecule has 1 aromatic rings. The molecule has 0 unspecified atom stereocenters. The maximum absolute atomic E-state index is 11.6. The van der Waals surface area contributed by atoms with Gasteiger partial charge >= 0.3 is 0 Å². The lowest BCUT2D eigenvalue weighted by Crippen LogP contribution is -2.38. The van der Waals surface area contributed by atoms with E-state index in [4.69, 9.17) is 0 Å². The smallest absolute Gasteiger partial charge is 0.211 e. The lowest BCUT2D eigenvalue weighted by molar-refractivity contribution is 0.317. The summed E-state index contributed by atoms with van der Waals surface area (Å²) in [6, 6.07) is 3.97. The molecule has 1 aliphatic heterocycles. The van der Waals surface area contributed by atoms with Gasteiger partial charge in [0.05, 0.1) is 6.26 Å². The Labute approximate surface area is 108 Å². The molecule has 100 valence electrons. The predicted octanol–water partition coefficient (Wildman–Crippen LogP) is 1.26. The summed E-state index contributed by atoms with van der Waals surface area (Å²) in [7, 11) is -1.25. The van der Waals surface area contributed by atoms with Crippen LogP contribution in [0.1, 0.15) is 24.3 Å². The molecule has 1 N–H and O–H groups in total. The summed E-state index contributed by atoms with van der Waals surface area (Å²) in [5, 5.41) is 3.00. The van der Waals surface area contributed by atoms with E-state index in [2.05, 4.69) is 10.3 Å². The van der Waals surface area contributed by atoms with Crippen LogP contribution in [0.5, 0.6) is 0 Å². The molecule has 0 bridgehead atoms. The van der Waals surface area contributed by atoms with E-state index in [1.54, 1.807) is 10.5 Å². The molecule has 0 spiro atoms. The summed E-state index contributed by atoms with van der Waals surface area (Å²) < 4.78 is 24.7. The van der Waals surface area contributed by atoms with Crippen LogP contribution in [0.4, 0.5) is 5.82 Å². The third-order valence-electron chi connectivity index (χ3n) is 3.36. The molecule has 0 aliphatic carbocycles. The van der Waals surface area contributed by atoms with Gasteiger partial charge in [-0.2, -0.15) is 0 Å². The van der Waals surface area contributed by atoms with Gasteiger partial charge in [0.2, 0.25) is 10.0 Å². The van der Waals surface area contributed by atoms with Crippen LogP contribution in [0.2, 0.25) is 0 Å². The van der Waals surface area contributed by atoms with Crippen molar-refractivity contribution in [3.8, 4) is 0 Å². The number of hydrogen-bond donors (Lipinski definition) is 1. The fourth-order valence-electron chi connectivity index (χ4n) is 2.35. The molecule has 0 saturated carbocycles. The molecule has 1 aliphatic rings. The molecule has 0 aromatic carbocycles. The monoisotopic (exact) mass is 269 g/mol. The van der Waals surface area contributed by atoms with Crippen LogP contribution in [0.25, 0.3) is 0 Å². The normalized spacial score (nSPS) is 21.8. The van der Waals surface area contributed by atoms with Gasteiger partial charge in [0.1, 0.15) is 5.82 Å². The van der Waals surface area contributed by atoms with Crippen molar-refractivity contribution in [3.63, 3.8) is 0 Å². The zero-order valence-corrected chi connectivity index (χ0v) is 11.6. The van der Waals surface area contributed by atoms with Gasteiger partial charge in [-0.3, -0.25) is 0 Å². The Kier molecular flexibility index (Phi) is 3.87. The quantitative estimate of drug-likeness (QED) is 0.897. The first kappa shape index (κ1) is 13.3. The number of pyridine rings is 1. The number of piperidine rings is 1. The van der Waals surface area contributed by atoms with Crippen LogP contribution in [-0.2, 0) is 10.0 Å². The molecule has 0 radical (unpaired) electrons. The lowest BCUT2D eigenvalue weighted by Gasteiger charge is -2.31. The van der Waals surface area contributed by atoms with Crippen molar-refractivity contribution in [1.82, 2.24) is 9.29 Å². The second-order valence-corrected chi connectivity index (χ2v) is 6.67. The average molecular weight is 269 g/mol. The Morgan fingerprint density at radius 3 is 2.94 bits per heavy atom. The maximum Gasteiger partial charge on any atom is 0.211 e. The zero-order chi connectivity index (χ0) is 13.2. The summed E-state index contributed by atoms with van der Waals surface area (Å²) in [5.74, 6) is 1.09. The molecular weight excluding hydrogens is 250 g/mol. The largest absolute Gasteiger partial charge is 0.373 e. The molecule has 5 nitrogen and oxygen atoms in total. The van der Waals surface area contributed by atoms with Crippen molar-refractivity contribution in [1.29, 1.82) is 0 Å². The van der Waals surface area contributed by atoms with Crippen molar-refractivity contribution >= 4 is 15.8 Å². The molecule has 18 heavy (non-hydrogen) atoms. The molecule has 1 fully saturated rings. The van der Waals surface area contributed by atoms with Crippen molar-refractivity contribution in [2.75, 3.05) is 31.7 Å². The highest BCUT2D eigenvalue weighted by Gasteiger charge is 2.26. The Hall–Kier alpha value is -1.14. The van der Waals surface area contributed by atoms with Gasteiger partial charge in [-0.15, -0.1) is 0 Å². The Morgan fingerprint density at radius 2 is 2.28 bits per heavy atom. The van der Waals surface area contributed by atoms with Crippen LogP contribution in [-0.4, -0.2) is 44.1 Å². The van der Waals surface area contributed by atoms with Gasteiger partial charge in [0.15, 0.2) is 0 Å². The van der Waals surface area contributed by atoms with Gasteiger partial charge in [0.25, 0.3) is 0 Å². The van der Waals surface area contributed by atoms with Crippen molar-refractivity contribution in [3.05, 3.63) is 23.9 Å². The fraction of sp³-hybridized carbons (Fsp3) is 0.583. The summed E-state index contributed by atoms with van der Waals surface area (Å²) in [6.07, 6.45) is 4.98. The van der Waals surface area contributed by atoms with Crippen molar-refractivity contribution in [2.24, 2.45) is 0 Å². The Balaban J connectivity index is 2.18. The number of aromatic nitrogens is 1. The highest BCUT2D eigenvalue weighted by atomic mass is 32.2. The summed E-state index contributed by atoms with van der Waals surface area (Å²) >= 11 is 0. The first-order valence-corrected chi connectivity index (χ1v) is 7.94. The van der Waals surface area contributed by atoms with Crippen molar-refractivity contribution < 1.29 is 8.42 Å². The molecule has 2 heterocycles. The number of nitrogens with one attached hydrogen (secondary N) is 1. The highest BCUT2D eigenvalue weighted by molar-refractivity contribution is 7.88. The van der Waals surface area contributed by atoms with Gasteiger partial charge in [-0.1, -0.05) is 0 Å². The van der Waals surface area contributed by atoms with Crippen LogP contribution < -0.4 is 5.32 Å².